The Morgan fingerprint density at radius 1 is 1.06 bits per heavy atom. The topological polar surface area (TPSA) is 115 Å². The fourth-order valence-corrected chi connectivity index (χ4v) is 3.97. The molecule has 1 amide bonds. The molecule has 1 aromatic heterocycles. The second kappa shape index (κ2) is 8.82. The van der Waals surface area contributed by atoms with Crippen LogP contribution in [-0.4, -0.2) is 25.6 Å². The molecule has 0 bridgehead atoms. The van der Waals surface area contributed by atoms with Crippen molar-refractivity contribution in [2.24, 2.45) is 0 Å². The summed E-state index contributed by atoms with van der Waals surface area (Å²) in [6, 6.07) is 20.1. The van der Waals surface area contributed by atoms with Crippen LogP contribution in [0.5, 0.6) is 0 Å². The van der Waals surface area contributed by atoms with E-state index in [0.29, 0.717) is 39.9 Å². The van der Waals surface area contributed by atoms with E-state index >= 15 is 0 Å². The van der Waals surface area contributed by atoms with Crippen molar-refractivity contribution in [1.82, 2.24) is 14.8 Å². The van der Waals surface area contributed by atoms with Gasteiger partial charge in [-0.05, 0) is 48.9 Å². The molecule has 10 heteroatoms. The van der Waals surface area contributed by atoms with Crippen LogP contribution < -0.4 is 10.6 Å². The number of benzene rings is 3. The van der Waals surface area contributed by atoms with Gasteiger partial charge in [-0.2, -0.15) is 4.98 Å². The highest BCUT2D eigenvalue weighted by atomic mass is 19.1. The molecule has 2 heterocycles. The average Bonchev–Trinajstić information content (AvgIpc) is 3.28. The number of hydrogen-bond donors (Lipinski definition) is 2. The second-order valence-corrected chi connectivity index (χ2v) is 7.95. The van der Waals surface area contributed by atoms with Crippen molar-refractivity contribution in [1.29, 1.82) is 0 Å². The molecule has 0 aliphatic carbocycles. The van der Waals surface area contributed by atoms with Crippen LogP contribution in [0, 0.1) is 15.9 Å². The third-order valence-corrected chi connectivity index (χ3v) is 5.65. The van der Waals surface area contributed by atoms with E-state index in [-0.39, 0.29) is 11.6 Å². The van der Waals surface area contributed by atoms with Gasteiger partial charge in [0, 0.05) is 29.1 Å². The number of para-hydroxylation sites is 1. The Bertz CT molecular complexity index is 1450. The Balaban J connectivity index is 1.58. The normalized spacial score (nSPS) is 14.7. The number of rotatable bonds is 5. The summed E-state index contributed by atoms with van der Waals surface area (Å²) in [5.74, 6) is -0.0221. The van der Waals surface area contributed by atoms with E-state index in [1.54, 1.807) is 48.0 Å². The summed E-state index contributed by atoms with van der Waals surface area (Å²) in [6.07, 6.45) is 0. The van der Waals surface area contributed by atoms with Crippen LogP contribution in [-0.2, 0) is 4.79 Å². The van der Waals surface area contributed by atoms with E-state index in [1.807, 2.05) is 18.2 Å². The lowest BCUT2D eigenvalue weighted by Gasteiger charge is -2.28. The second-order valence-electron chi connectivity index (χ2n) is 7.95. The number of nitrogens with one attached hydrogen (secondary N) is 2. The Hall–Kier alpha value is -4.86. The zero-order valence-electron chi connectivity index (χ0n) is 18.5. The quantitative estimate of drug-likeness (QED) is 0.316. The summed E-state index contributed by atoms with van der Waals surface area (Å²) < 4.78 is 15.3. The molecule has 5 rings (SSSR count). The average molecular weight is 470 g/mol. The molecule has 174 valence electrons. The molecule has 35 heavy (non-hydrogen) atoms. The lowest BCUT2D eigenvalue weighted by Crippen LogP contribution is -2.31. The third kappa shape index (κ3) is 4.24. The van der Waals surface area contributed by atoms with Crippen molar-refractivity contribution in [3.05, 3.63) is 112 Å². The summed E-state index contributed by atoms with van der Waals surface area (Å²) in [6.45, 7) is 1.76. The molecule has 2 N–H and O–H groups in total. The first-order valence-corrected chi connectivity index (χ1v) is 10.7. The van der Waals surface area contributed by atoms with E-state index in [0.717, 1.165) is 0 Å². The van der Waals surface area contributed by atoms with Crippen molar-refractivity contribution in [2.45, 2.75) is 13.0 Å². The van der Waals surface area contributed by atoms with Gasteiger partial charge in [0.15, 0.2) is 5.82 Å². The number of halogens is 1. The molecule has 9 nitrogen and oxygen atoms in total. The Labute approximate surface area is 199 Å². The van der Waals surface area contributed by atoms with Gasteiger partial charge in [-0.3, -0.25) is 14.9 Å². The zero-order valence-corrected chi connectivity index (χ0v) is 18.5. The lowest BCUT2D eigenvalue weighted by molar-refractivity contribution is -0.384. The van der Waals surface area contributed by atoms with Crippen LogP contribution in [0.1, 0.15) is 18.5 Å². The molecular formula is C25H19FN6O3. The number of carbonyl (C=O) groups excluding carboxylic acids is 1. The maximum Gasteiger partial charge on any atom is 0.269 e. The molecule has 3 aromatic carbocycles. The van der Waals surface area contributed by atoms with Gasteiger partial charge in [0.25, 0.3) is 11.6 Å². The minimum absolute atomic E-state index is 0.0441. The van der Waals surface area contributed by atoms with E-state index in [2.05, 4.69) is 20.7 Å². The smallest absolute Gasteiger partial charge is 0.269 e. The molecule has 1 atom stereocenters. The largest absolute Gasteiger partial charge is 0.328 e. The molecule has 0 saturated heterocycles. The number of hydrogen-bond acceptors (Lipinski definition) is 6. The SMILES string of the molecule is CC1=C(C(=O)Nc2ccccc2)C(c2ccc(F)cc2)n2nc(-c3ccc([N+](=O)[O-])cc3)nc2N1. The van der Waals surface area contributed by atoms with Crippen molar-refractivity contribution < 1.29 is 14.1 Å². The molecule has 0 spiro atoms. The summed E-state index contributed by atoms with van der Waals surface area (Å²) >= 11 is 0. The minimum atomic E-state index is -0.685. The van der Waals surface area contributed by atoms with Crippen LogP contribution >= 0.6 is 0 Å². The minimum Gasteiger partial charge on any atom is -0.328 e. The zero-order chi connectivity index (χ0) is 24.5. The van der Waals surface area contributed by atoms with Crippen molar-refractivity contribution >= 4 is 23.2 Å². The standard InChI is InChI=1S/C25H19FN6O3/c1-15-21(24(33)28-19-5-3-2-4-6-19)22(16-7-11-18(26)12-8-16)31-25(27-15)29-23(30-31)17-9-13-20(14-10-17)32(34)35/h2-14,22H,1H3,(H,28,33)(H,27,29,30). The number of allylic oxidation sites excluding steroid dienone is 1. The number of nitro groups is 1. The summed E-state index contributed by atoms with van der Waals surface area (Å²) in [5, 5.41) is 21.6. The van der Waals surface area contributed by atoms with Crippen molar-refractivity contribution in [2.75, 3.05) is 10.6 Å². The number of non-ortho nitro benzene ring substituents is 1. The Morgan fingerprint density at radius 3 is 2.40 bits per heavy atom. The maximum absolute atomic E-state index is 13.7. The predicted octanol–water partition coefficient (Wildman–Crippen LogP) is 4.92. The van der Waals surface area contributed by atoms with E-state index in [9.17, 15) is 19.3 Å². The number of nitrogens with zero attached hydrogens (tertiary/aromatic N) is 4. The number of anilines is 2. The first kappa shape index (κ1) is 22.0. The molecule has 1 aliphatic heterocycles. The van der Waals surface area contributed by atoms with Crippen molar-refractivity contribution in [3.63, 3.8) is 0 Å². The number of amides is 1. The lowest BCUT2D eigenvalue weighted by atomic mass is 9.95. The van der Waals surface area contributed by atoms with E-state index in [4.69, 9.17) is 0 Å². The fraction of sp³-hybridized carbons (Fsp3) is 0.0800. The molecule has 0 saturated carbocycles. The highest BCUT2D eigenvalue weighted by molar-refractivity contribution is 6.06. The molecular weight excluding hydrogens is 451 g/mol. The first-order valence-electron chi connectivity index (χ1n) is 10.7. The Kier molecular flexibility index (Phi) is 5.54. The van der Waals surface area contributed by atoms with Crippen LogP contribution in [0.3, 0.4) is 0 Å². The molecule has 1 unspecified atom stereocenters. The van der Waals surface area contributed by atoms with Crippen LogP contribution in [0.15, 0.2) is 90.1 Å². The van der Waals surface area contributed by atoms with Crippen LogP contribution in [0.4, 0.5) is 21.7 Å². The highest BCUT2D eigenvalue weighted by Gasteiger charge is 2.34. The van der Waals surface area contributed by atoms with E-state index < -0.39 is 16.8 Å². The van der Waals surface area contributed by atoms with Gasteiger partial charge in [0.1, 0.15) is 11.9 Å². The third-order valence-electron chi connectivity index (χ3n) is 5.65. The first-order chi connectivity index (χ1) is 16.9. The van der Waals surface area contributed by atoms with Gasteiger partial charge in [0.05, 0.1) is 10.5 Å². The van der Waals surface area contributed by atoms with Gasteiger partial charge in [0.2, 0.25) is 5.95 Å². The highest BCUT2D eigenvalue weighted by Crippen LogP contribution is 2.37. The number of aromatic nitrogens is 3. The van der Waals surface area contributed by atoms with Gasteiger partial charge >= 0.3 is 0 Å². The van der Waals surface area contributed by atoms with Gasteiger partial charge in [-0.1, -0.05) is 30.3 Å². The van der Waals surface area contributed by atoms with E-state index in [1.165, 1.54) is 24.3 Å². The fourth-order valence-electron chi connectivity index (χ4n) is 3.97. The van der Waals surface area contributed by atoms with Crippen LogP contribution in [0.25, 0.3) is 11.4 Å². The summed E-state index contributed by atoms with van der Waals surface area (Å²) in [4.78, 5) is 28.5. The summed E-state index contributed by atoms with van der Waals surface area (Å²) in [5.41, 5.74) is 2.78. The van der Waals surface area contributed by atoms with Gasteiger partial charge in [-0.25, -0.2) is 9.07 Å². The van der Waals surface area contributed by atoms with Crippen LogP contribution in [0.2, 0.25) is 0 Å². The number of fused-ring (bicyclic) bond motifs is 1. The van der Waals surface area contributed by atoms with Gasteiger partial charge in [-0.15, -0.1) is 5.10 Å². The molecule has 4 aromatic rings. The predicted molar refractivity (Wildman–Crippen MR) is 128 cm³/mol. The Morgan fingerprint density at radius 2 is 1.74 bits per heavy atom. The monoisotopic (exact) mass is 470 g/mol. The number of carbonyl (C=O) groups is 1. The van der Waals surface area contributed by atoms with Gasteiger partial charge < -0.3 is 10.6 Å². The maximum atomic E-state index is 13.7. The molecule has 1 aliphatic rings. The molecule has 0 radical (unpaired) electrons. The number of nitro benzene ring substituents is 1. The van der Waals surface area contributed by atoms with Crippen molar-refractivity contribution in [3.8, 4) is 11.4 Å². The summed E-state index contributed by atoms with van der Waals surface area (Å²) in [7, 11) is 0. The molecule has 0 fully saturated rings.